The lowest BCUT2D eigenvalue weighted by Gasteiger charge is -2.13. The SMILES string of the molecule is CCN(C)CCNCc1csc(-c2ccc3c(c2)OCO3)n1. The third-order valence-corrected chi connectivity index (χ3v) is 4.63. The number of aromatic nitrogens is 1. The second-order valence-corrected chi connectivity index (χ2v) is 6.14. The highest BCUT2D eigenvalue weighted by atomic mass is 32.1. The van der Waals surface area contributed by atoms with Gasteiger partial charge in [-0.15, -0.1) is 11.3 Å². The minimum Gasteiger partial charge on any atom is -0.454 e. The molecule has 2 heterocycles. The zero-order chi connectivity index (χ0) is 15.4. The molecule has 1 aliphatic rings. The van der Waals surface area contributed by atoms with Crippen LogP contribution in [0.25, 0.3) is 10.6 Å². The lowest BCUT2D eigenvalue weighted by Crippen LogP contribution is -2.28. The molecule has 118 valence electrons. The number of benzene rings is 1. The fourth-order valence-corrected chi connectivity index (χ4v) is 3.01. The Kier molecular flexibility index (Phi) is 4.92. The number of nitrogens with one attached hydrogen (secondary N) is 1. The number of likely N-dealkylation sites (N-methyl/N-ethyl adjacent to an activating group) is 1. The first-order valence-corrected chi connectivity index (χ1v) is 8.38. The molecule has 1 aromatic carbocycles. The second kappa shape index (κ2) is 7.09. The highest BCUT2D eigenvalue weighted by molar-refractivity contribution is 7.13. The van der Waals surface area contributed by atoms with Crippen LogP contribution in [-0.2, 0) is 6.54 Å². The zero-order valence-corrected chi connectivity index (χ0v) is 13.8. The molecule has 3 rings (SSSR count). The first kappa shape index (κ1) is 15.3. The number of nitrogens with zero attached hydrogens (tertiary/aromatic N) is 2. The largest absolute Gasteiger partial charge is 0.454 e. The minimum absolute atomic E-state index is 0.304. The van der Waals surface area contributed by atoms with Gasteiger partial charge in [-0.2, -0.15) is 0 Å². The predicted molar refractivity (Wildman–Crippen MR) is 88.6 cm³/mol. The minimum atomic E-state index is 0.304. The van der Waals surface area contributed by atoms with E-state index in [1.807, 2.05) is 18.2 Å². The lowest BCUT2D eigenvalue weighted by molar-refractivity contribution is 0.174. The average molecular weight is 319 g/mol. The summed E-state index contributed by atoms with van der Waals surface area (Å²) in [5.41, 5.74) is 2.16. The van der Waals surface area contributed by atoms with Gasteiger partial charge in [-0.1, -0.05) is 6.92 Å². The van der Waals surface area contributed by atoms with Gasteiger partial charge >= 0.3 is 0 Å². The maximum absolute atomic E-state index is 5.42. The summed E-state index contributed by atoms with van der Waals surface area (Å²) in [7, 11) is 2.13. The first-order valence-electron chi connectivity index (χ1n) is 7.50. The molecule has 0 saturated carbocycles. The van der Waals surface area contributed by atoms with Crippen LogP contribution in [-0.4, -0.2) is 43.4 Å². The number of hydrogen-bond acceptors (Lipinski definition) is 6. The van der Waals surface area contributed by atoms with E-state index in [2.05, 4.69) is 34.6 Å². The lowest BCUT2D eigenvalue weighted by atomic mass is 10.2. The molecule has 22 heavy (non-hydrogen) atoms. The van der Waals surface area contributed by atoms with E-state index in [-0.39, 0.29) is 0 Å². The monoisotopic (exact) mass is 319 g/mol. The van der Waals surface area contributed by atoms with Gasteiger partial charge < -0.3 is 19.7 Å². The van der Waals surface area contributed by atoms with E-state index in [9.17, 15) is 0 Å². The van der Waals surface area contributed by atoms with Crippen LogP contribution >= 0.6 is 11.3 Å². The Labute approximate surface area is 134 Å². The third-order valence-electron chi connectivity index (χ3n) is 3.69. The summed E-state index contributed by atoms with van der Waals surface area (Å²) in [6.07, 6.45) is 0. The molecule has 0 aliphatic carbocycles. The molecule has 0 radical (unpaired) electrons. The van der Waals surface area contributed by atoms with E-state index in [0.29, 0.717) is 6.79 Å². The quantitative estimate of drug-likeness (QED) is 0.795. The Morgan fingerprint density at radius 2 is 2.18 bits per heavy atom. The van der Waals surface area contributed by atoms with Crippen molar-refractivity contribution in [2.45, 2.75) is 13.5 Å². The molecule has 5 nitrogen and oxygen atoms in total. The smallest absolute Gasteiger partial charge is 0.231 e. The van der Waals surface area contributed by atoms with Crippen LogP contribution < -0.4 is 14.8 Å². The molecule has 0 amide bonds. The molecule has 2 aromatic rings. The van der Waals surface area contributed by atoms with E-state index in [0.717, 1.165) is 53.9 Å². The highest BCUT2D eigenvalue weighted by Gasteiger charge is 2.15. The van der Waals surface area contributed by atoms with Gasteiger partial charge in [-0.3, -0.25) is 0 Å². The molecule has 1 N–H and O–H groups in total. The van der Waals surface area contributed by atoms with Crippen molar-refractivity contribution < 1.29 is 9.47 Å². The molecule has 0 fully saturated rings. The van der Waals surface area contributed by atoms with Crippen molar-refractivity contribution in [1.82, 2.24) is 15.2 Å². The summed E-state index contributed by atoms with van der Waals surface area (Å²) in [6.45, 7) is 6.37. The Balaban J connectivity index is 1.57. The predicted octanol–water partition coefficient (Wildman–Crippen LogP) is 2.58. The normalized spacial score (nSPS) is 13.0. The fourth-order valence-electron chi connectivity index (χ4n) is 2.19. The maximum atomic E-state index is 5.42. The number of hydrogen-bond donors (Lipinski definition) is 1. The van der Waals surface area contributed by atoms with Gasteiger partial charge in [-0.05, 0) is 31.8 Å². The van der Waals surface area contributed by atoms with Gasteiger partial charge in [-0.25, -0.2) is 4.98 Å². The molecule has 1 aliphatic heterocycles. The number of fused-ring (bicyclic) bond motifs is 1. The van der Waals surface area contributed by atoms with Crippen LogP contribution in [0.4, 0.5) is 0 Å². The van der Waals surface area contributed by atoms with Crippen molar-refractivity contribution in [3.8, 4) is 22.1 Å². The molecule has 0 bridgehead atoms. The standard InChI is InChI=1S/C16H21N3O2S/c1-3-19(2)7-6-17-9-13-10-22-16(18-13)12-4-5-14-15(8-12)21-11-20-14/h4-5,8,10,17H,3,6-7,9,11H2,1-2H3. The van der Waals surface area contributed by atoms with E-state index in [1.165, 1.54) is 0 Å². The Morgan fingerprint density at radius 3 is 3.05 bits per heavy atom. The number of thiazole rings is 1. The molecular weight excluding hydrogens is 298 g/mol. The van der Waals surface area contributed by atoms with Crippen LogP contribution in [0.3, 0.4) is 0 Å². The van der Waals surface area contributed by atoms with Crippen molar-refractivity contribution in [2.75, 3.05) is 33.5 Å². The maximum Gasteiger partial charge on any atom is 0.231 e. The molecule has 6 heteroatoms. The first-order chi connectivity index (χ1) is 10.8. The summed E-state index contributed by atoms with van der Waals surface area (Å²) >= 11 is 1.66. The van der Waals surface area contributed by atoms with Gasteiger partial charge in [0.2, 0.25) is 6.79 Å². The molecule has 1 aromatic heterocycles. The third kappa shape index (κ3) is 3.58. The number of rotatable bonds is 7. The summed E-state index contributed by atoms with van der Waals surface area (Å²) in [4.78, 5) is 6.97. The van der Waals surface area contributed by atoms with Gasteiger partial charge in [0, 0.05) is 30.6 Å². The van der Waals surface area contributed by atoms with Crippen molar-refractivity contribution >= 4 is 11.3 Å². The van der Waals surface area contributed by atoms with Gasteiger partial charge in [0.1, 0.15) is 5.01 Å². The van der Waals surface area contributed by atoms with Crippen LogP contribution in [0.1, 0.15) is 12.6 Å². The van der Waals surface area contributed by atoms with Gasteiger partial charge in [0.15, 0.2) is 11.5 Å². The van der Waals surface area contributed by atoms with E-state index < -0.39 is 0 Å². The van der Waals surface area contributed by atoms with E-state index in [4.69, 9.17) is 9.47 Å². The van der Waals surface area contributed by atoms with Gasteiger partial charge in [0.25, 0.3) is 0 Å². The summed E-state index contributed by atoms with van der Waals surface area (Å²) in [5.74, 6) is 1.61. The number of ether oxygens (including phenoxy) is 2. The van der Waals surface area contributed by atoms with E-state index in [1.54, 1.807) is 11.3 Å². The van der Waals surface area contributed by atoms with Crippen molar-refractivity contribution in [3.05, 3.63) is 29.3 Å². The molecule has 0 spiro atoms. The fraction of sp³-hybridized carbons (Fsp3) is 0.438. The topological polar surface area (TPSA) is 46.6 Å². The summed E-state index contributed by atoms with van der Waals surface area (Å²) in [6, 6.07) is 5.96. The Bertz CT molecular complexity index is 630. The van der Waals surface area contributed by atoms with Crippen LogP contribution in [0.15, 0.2) is 23.6 Å². The summed E-state index contributed by atoms with van der Waals surface area (Å²) < 4.78 is 10.8. The van der Waals surface area contributed by atoms with Crippen LogP contribution in [0.2, 0.25) is 0 Å². The average Bonchev–Trinajstić information content (AvgIpc) is 3.19. The molecule has 0 saturated heterocycles. The highest BCUT2D eigenvalue weighted by Crippen LogP contribution is 2.36. The molecule has 0 unspecified atom stereocenters. The Hall–Kier alpha value is -1.63. The van der Waals surface area contributed by atoms with E-state index >= 15 is 0 Å². The Morgan fingerprint density at radius 1 is 1.32 bits per heavy atom. The van der Waals surface area contributed by atoms with Crippen molar-refractivity contribution in [1.29, 1.82) is 0 Å². The molecule has 0 atom stereocenters. The van der Waals surface area contributed by atoms with Gasteiger partial charge in [0.05, 0.1) is 5.69 Å². The van der Waals surface area contributed by atoms with Crippen molar-refractivity contribution in [3.63, 3.8) is 0 Å². The van der Waals surface area contributed by atoms with Crippen molar-refractivity contribution in [2.24, 2.45) is 0 Å². The second-order valence-electron chi connectivity index (χ2n) is 5.28. The van der Waals surface area contributed by atoms with Crippen LogP contribution in [0.5, 0.6) is 11.5 Å². The molecular formula is C16H21N3O2S. The zero-order valence-electron chi connectivity index (χ0n) is 13.0. The van der Waals surface area contributed by atoms with Crippen LogP contribution in [0, 0.1) is 0 Å². The summed E-state index contributed by atoms with van der Waals surface area (Å²) in [5, 5.41) is 6.55.